The minimum atomic E-state index is 0.0448. The number of rotatable bonds is 5. The Morgan fingerprint density at radius 1 is 0.939 bits per heavy atom. The van der Waals surface area contributed by atoms with E-state index in [9.17, 15) is 4.79 Å². The van der Waals surface area contributed by atoms with Crippen molar-refractivity contribution in [3.05, 3.63) is 73.8 Å². The molecule has 3 heterocycles. The number of fused-ring (bicyclic) bond motifs is 1. The molecule has 1 saturated heterocycles. The molecule has 170 valence electrons. The van der Waals surface area contributed by atoms with Gasteiger partial charge in [-0.2, -0.15) is 0 Å². The van der Waals surface area contributed by atoms with Crippen molar-refractivity contribution in [3.63, 3.8) is 0 Å². The maximum atomic E-state index is 13.5. The second-order valence-electron chi connectivity index (χ2n) is 8.54. The third-order valence-corrected chi connectivity index (χ3v) is 7.90. The van der Waals surface area contributed by atoms with Crippen LogP contribution in [0.2, 0.25) is 10.0 Å². The van der Waals surface area contributed by atoms with Gasteiger partial charge in [-0.15, -0.1) is 11.3 Å². The molecule has 0 aliphatic carbocycles. The molecule has 0 atom stereocenters. The Hall–Kier alpha value is -2.18. The van der Waals surface area contributed by atoms with Crippen molar-refractivity contribution in [1.29, 1.82) is 0 Å². The lowest BCUT2D eigenvalue weighted by atomic mass is 10.0. The molecule has 0 bridgehead atoms. The van der Waals surface area contributed by atoms with Gasteiger partial charge in [-0.05, 0) is 56.6 Å². The van der Waals surface area contributed by atoms with Crippen molar-refractivity contribution in [1.82, 2.24) is 14.5 Å². The highest BCUT2D eigenvalue weighted by Gasteiger charge is 2.17. The normalized spacial score (nSPS) is 14.8. The van der Waals surface area contributed by atoms with E-state index in [4.69, 9.17) is 28.2 Å². The van der Waals surface area contributed by atoms with Gasteiger partial charge < -0.3 is 4.90 Å². The number of halogens is 2. The largest absolute Gasteiger partial charge is 0.302 e. The molecular formula is C26H25Cl2N3OS. The van der Waals surface area contributed by atoms with E-state index in [1.54, 1.807) is 0 Å². The first-order valence-corrected chi connectivity index (χ1v) is 12.9. The third-order valence-electron chi connectivity index (χ3n) is 6.24. The molecule has 2 aromatic carbocycles. The lowest BCUT2D eigenvalue weighted by molar-refractivity contribution is 0.220. The van der Waals surface area contributed by atoms with Gasteiger partial charge >= 0.3 is 0 Å². The predicted octanol–water partition coefficient (Wildman–Crippen LogP) is 6.89. The standard InChI is InChI=1S/C26H25Cl2N3OS/c1-17-16-22-24(33-17)26(32)31(15-14-30-12-3-2-4-13-30)25(29-22)19-10-8-18(9-11-19)23-20(27)6-5-7-21(23)28/h5-11,16H,2-4,12-15H2,1H3. The van der Waals surface area contributed by atoms with Crippen LogP contribution < -0.4 is 5.56 Å². The fourth-order valence-electron chi connectivity index (χ4n) is 4.54. The van der Waals surface area contributed by atoms with Gasteiger partial charge in [-0.25, -0.2) is 4.98 Å². The lowest BCUT2D eigenvalue weighted by Gasteiger charge is -2.27. The zero-order valence-electron chi connectivity index (χ0n) is 18.5. The third kappa shape index (κ3) is 4.60. The summed E-state index contributed by atoms with van der Waals surface area (Å²) < 4.78 is 2.58. The number of likely N-dealkylation sites (tertiary alicyclic amines) is 1. The van der Waals surface area contributed by atoms with E-state index in [-0.39, 0.29) is 5.56 Å². The quantitative estimate of drug-likeness (QED) is 0.301. The molecule has 1 fully saturated rings. The summed E-state index contributed by atoms with van der Waals surface area (Å²) in [6.07, 6.45) is 3.76. The predicted molar refractivity (Wildman–Crippen MR) is 140 cm³/mol. The van der Waals surface area contributed by atoms with Gasteiger partial charge in [0.15, 0.2) is 0 Å². The van der Waals surface area contributed by atoms with E-state index < -0.39 is 0 Å². The number of aromatic nitrogens is 2. The number of nitrogens with zero attached hydrogens (tertiary/aromatic N) is 3. The number of thiophene rings is 1. The Balaban J connectivity index is 1.55. The van der Waals surface area contributed by atoms with Gasteiger partial charge in [0.1, 0.15) is 10.5 Å². The van der Waals surface area contributed by atoms with Crippen LogP contribution in [-0.2, 0) is 6.54 Å². The van der Waals surface area contributed by atoms with Crippen LogP contribution in [0, 0.1) is 6.92 Å². The summed E-state index contributed by atoms with van der Waals surface area (Å²) in [5.41, 5.74) is 3.47. The van der Waals surface area contributed by atoms with Gasteiger partial charge in [0.2, 0.25) is 0 Å². The molecule has 4 nitrogen and oxygen atoms in total. The molecular weight excluding hydrogens is 473 g/mol. The monoisotopic (exact) mass is 497 g/mol. The zero-order valence-corrected chi connectivity index (χ0v) is 20.8. The molecule has 0 radical (unpaired) electrons. The number of piperidine rings is 1. The van der Waals surface area contributed by atoms with E-state index in [0.717, 1.165) is 51.4 Å². The molecule has 1 aliphatic heterocycles. The molecule has 1 aliphatic rings. The summed E-state index contributed by atoms with van der Waals surface area (Å²) in [4.78, 5) is 21.9. The first kappa shape index (κ1) is 22.6. The van der Waals surface area contributed by atoms with Crippen LogP contribution >= 0.6 is 34.5 Å². The summed E-state index contributed by atoms with van der Waals surface area (Å²) in [5, 5.41) is 1.23. The fourth-order valence-corrected chi connectivity index (χ4v) is 6.06. The van der Waals surface area contributed by atoms with E-state index >= 15 is 0 Å². The molecule has 0 unspecified atom stereocenters. The highest BCUT2D eigenvalue weighted by molar-refractivity contribution is 7.18. The maximum absolute atomic E-state index is 13.5. The molecule has 0 spiro atoms. The van der Waals surface area contributed by atoms with Crippen LogP contribution in [0.5, 0.6) is 0 Å². The van der Waals surface area contributed by atoms with Crippen LogP contribution in [0.25, 0.3) is 32.7 Å². The van der Waals surface area contributed by atoms with Crippen LogP contribution in [0.4, 0.5) is 0 Å². The highest BCUT2D eigenvalue weighted by Crippen LogP contribution is 2.35. The Morgan fingerprint density at radius 2 is 1.61 bits per heavy atom. The van der Waals surface area contributed by atoms with E-state index in [1.807, 2.05) is 60.0 Å². The molecule has 0 N–H and O–H groups in total. The number of hydrogen-bond donors (Lipinski definition) is 0. The summed E-state index contributed by atoms with van der Waals surface area (Å²) in [5.74, 6) is 0.708. The maximum Gasteiger partial charge on any atom is 0.271 e. The molecule has 4 aromatic rings. The zero-order chi connectivity index (χ0) is 22.9. The lowest BCUT2D eigenvalue weighted by Crippen LogP contribution is -2.35. The number of benzene rings is 2. The molecule has 2 aromatic heterocycles. The van der Waals surface area contributed by atoms with E-state index in [1.165, 1.54) is 30.6 Å². The second kappa shape index (κ2) is 9.59. The highest BCUT2D eigenvalue weighted by atomic mass is 35.5. The molecule has 5 rings (SSSR count). The van der Waals surface area contributed by atoms with Crippen LogP contribution in [0.1, 0.15) is 24.1 Å². The molecule has 0 saturated carbocycles. The summed E-state index contributed by atoms with van der Waals surface area (Å²) >= 11 is 14.3. The van der Waals surface area contributed by atoms with Crippen LogP contribution in [0.3, 0.4) is 0 Å². The first-order chi connectivity index (χ1) is 16.0. The summed E-state index contributed by atoms with van der Waals surface area (Å²) in [6, 6.07) is 15.5. The van der Waals surface area contributed by atoms with E-state index in [2.05, 4.69) is 4.90 Å². The minimum Gasteiger partial charge on any atom is -0.302 e. The number of aryl methyl sites for hydroxylation is 1. The summed E-state index contributed by atoms with van der Waals surface area (Å²) in [7, 11) is 0. The average molecular weight is 498 g/mol. The van der Waals surface area contributed by atoms with Crippen molar-refractivity contribution in [2.45, 2.75) is 32.7 Å². The van der Waals surface area contributed by atoms with Gasteiger partial charge in [0.25, 0.3) is 5.56 Å². The molecule has 33 heavy (non-hydrogen) atoms. The second-order valence-corrected chi connectivity index (χ2v) is 10.6. The molecule has 7 heteroatoms. The Morgan fingerprint density at radius 3 is 2.30 bits per heavy atom. The van der Waals surface area contributed by atoms with Crippen LogP contribution in [0.15, 0.2) is 53.3 Å². The van der Waals surface area contributed by atoms with Gasteiger partial charge in [-0.1, -0.05) is 60.0 Å². The fraction of sp³-hybridized carbons (Fsp3) is 0.308. The van der Waals surface area contributed by atoms with Gasteiger partial charge in [0, 0.05) is 39.1 Å². The van der Waals surface area contributed by atoms with Crippen molar-refractivity contribution in [3.8, 4) is 22.5 Å². The van der Waals surface area contributed by atoms with Crippen molar-refractivity contribution in [2.75, 3.05) is 19.6 Å². The van der Waals surface area contributed by atoms with Gasteiger partial charge in [-0.3, -0.25) is 9.36 Å². The van der Waals surface area contributed by atoms with Gasteiger partial charge in [0.05, 0.1) is 5.52 Å². The van der Waals surface area contributed by atoms with Crippen molar-refractivity contribution >= 4 is 44.8 Å². The SMILES string of the molecule is Cc1cc2nc(-c3ccc(-c4c(Cl)cccc4Cl)cc3)n(CCN3CCCCC3)c(=O)c2s1. The topological polar surface area (TPSA) is 38.1 Å². The smallest absolute Gasteiger partial charge is 0.271 e. The van der Waals surface area contributed by atoms with Crippen molar-refractivity contribution < 1.29 is 0 Å². The summed E-state index contributed by atoms with van der Waals surface area (Å²) in [6.45, 7) is 5.71. The van der Waals surface area contributed by atoms with E-state index in [0.29, 0.717) is 22.4 Å². The first-order valence-electron chi connectivity index (χ1n) is 11.3. The number of hydrogen-bond acceptors (Lipinski definition) is 4. The van der Waals surface area contributed by atoms with Crippen LogP contribution in [-0.4, -0.2) is 34.1 Å². The van der Waals surface area contributed by atoms with Crippen molar-refractivity contribution in [2.24, 2.45) is 0 Å². The average Bonchev–Trinajstić information content (AvgIpc) is 3.20. The Kier molecular flexibility index (Phi) is 6.57. The Labute approximate surface area is 207 Å². The minimum absolute atomic E-state index is 0.0448. The Bertz CT molecular complexity index is 1330. The molecule has 0 amide bonds.